The summed E-state index contributed by atoms with van der Waals surface area (Å²) in [7, 11) is -0.643. The zero-order valence-corrected chi connectivity index (χ0v) is 76.2. The number of rotatable bonds is 31. The van der Waals surface area contributed by atoms with Gasteiger partial charge in [0.05, 0.1) is 33.5 Å². The molecule has 3 fully saturated rings. The molecular formula is C92H86Cl3N6NaO20S4. The van der Waals surface area contributed by atoms with E-state index in [0.29, 0.717) is 74.6 Å². The van der Waals surface area contributed by atoms with Crippen molar-refractivity contribution in [3.05, 3.63) is 320 Å². The number of ether oxygens (including phenoxy) is 6. The summed E-state index contributed by atoms with van der Waals surface area (Å²) in [4.78, 5) is 119. The second-order valence-corrected chi connectivity index (χ2v) is 34.4. The van der Waals surface area contributed by atoms with Gasteiger partial charge in [-0.1, -0.05) is 169 Å². The maximum Gasteiger partial charge on any atom is 1.00 e. The number of carbonyl (C=O) groups is 9. The van der Waals surface area contributed by atoms with Crippen molar-refractivity contribution < 1.29 is 124 Å². The van der Waals surface area contributed by atoms with Crippen LogP contribution in [0, 0.1) is 6.92 Å². The molecule has 0 aromatic heterocycles. The molecule has 34 heteroatoms. The van der Waals surface area contributed by atoms with Crippen LogP contribution < -0.4 is 73.7 Å². The summed E-state index contributed by atoms with van der Waals surface area (Å²) < 4.78 is 62.2. The number of carboxylic acid groups (broad SMARTS) is 1. The van der Waals surface area contributed by atoms with E-state index in [-0.39, 0.29) is 127 Å². The largest absolute Gasteiger partial charge is 1.00 e. The van der Waals surface area contributed by atoms with Crippen molar-refractivity contribution in [2.24, 2.45) is 0 Å². The third-order valence-corrected chi connectivity index (χ3v) is 26.3. The van der Waals surface area contributed by atoms with Gasteiger partial charge in [0.1, 0.15) is 111 Å². The first-order chi connectivity index (χ1) is 60.5. The Morgan fingerprint density at radius 1 is 0.413 bits per heavy atom. The van der Waals surface area contributed by atoms with E-state index in [0.717, 1.165) is 50.1 Å². The SMILES string of the molecule is COc1ccc(COC(=O)C2=C(COc3ccc(CCl)cc3)CSC3C(NC(=O)Cc4ccccc4)C(=O)N23)cc1.COc1ccc(COC(=O)C2=C(C[O-])CSC3C(NC(=O)Cc4ccccc4)C(=O)N23)cc1.Cc1ccc(S(=O)(=O)Oc2ccc(CCl)cc2)cc1.O=C(Cc1ccccc1)NC1C(=O)N2C(C(=O)O)=C(COc3ccc(CCl)cc3)CSC12.[Na+]. The van der Waals surface area contributed by atoms with Crippen molar-refractivity contribution in [2.45, 2.75) is 96.2 Å². The Balaban J connectivity index is 0.000000167. The molecule has 6 heterocycles. The third kappa shape index (κ3) is 24.9. The first-order valence-electron chi connectivity index (χ1n) is 39.1. The number of thioether (sulfide) groups is 3. The summed E-state index contributed by atoms with van der Waals surface area (Å²) in [6.07, 6.45) is 0.474. The number of alkyl halides is 3. The van der Waals surface area contributed by atoms with Gasteiger partial charge >= 0.3 is 57.6 Å². The molecule has 6 amide bonds. The first-order valence-corrected chi connectivity index (χ1v) is 45.3. The van der Waals surface area contributed by atoms with Crippen molar-refractivity contribution >= 4 is 134 Å². The molecule has 0 bridgehead atoms. The molecule has 0 spiro atoms. The molecule has 6 atom stereocenters. The average Bonchev–Trinajstić information content (AvgIpc) is 0.741. The molecule has 6 aliphatic rings. The molecule has 6 unspecified atom stereocenters. The number of methoxy groups -OCH3 is 2. The van der Waals surface area contributed by atoms with Crippen LogP contribution in [-0.4, -0.2) is 167 Å². The van der Waals surface area contributed by atoms with E-state index in [1.807, 2.05) is 146 Å². The molecule has 9 aromatic rings. The summed E-state index contributed by atoms with van der Waals surface area (Å²) >= 11 is 21.6. The van der Waals surface area contributed by atoms with Gasteiger partial charge in [-0.3, -0.25) is 43.5 Å². The van der Waals surface area contributed by atoms with Crippen molar-refractivity contribution in [3.63, 3.8) is 0 Å². The van der Waals surface area contributed by atoms with E-state index in [9.17, 15) is 61.8 Å². The second kappa shape index (κ2) is 46.1. The zero-order valence-electron chi connectivity index (χ0n) is 68.7. The van der Waals surface area contributed by atoms with Crippen LogP contribution in [0.15, 0.2) is 275 Å². The third-order valence-electron chi connectivity index (χ3n) is 20.1. The molecule has 26 nitrogen and oxygen atoms in total. The number of carbonyl (C=O) groups excluding carboxylic acids is 8. The number of nitrogens with one attached hydrogen (secondary N) is 3. The Morgan fingerprint density at radius 2 is 0.722 bits per heavy atom. The summed E-state index contributed by atoms with van der Waals surface area (Å²) in [6, 6.07) is 67.5. The van der Waals surface area contributed by atoms with Gasteiger partial charge in [-0.2, -0.15) is 8.42 Å². The number of benzene rings is 9. The van der Waals surface area contributed by atoms with Gasteiger partial charge < -0.3 is 58.8 Å². The monoisotopic (exact) mass is 1850 g/mol. The van der Waals surface area contributed by atoms with Gasteiger partial charge in [0.15, 0.2) is 0 Å². The number of hydrogen-bond acceptors (Lipinski definition) is 22. The van der Waals surface area contributed by atoms with Gasteiger partial charge in [-0.05, 0) is 130 Å². The van der Waals surface area contributed by atoms with Crippen molar-refractivity contribution in [1.29, 1.82) is 0 Å². The van der Waals surface area contributed by atoms with Gasteiger partial charge in [-0.25, -0.2) is 14.4 Å². The molecule has 0 saturated carbocycles. The van der Waals surface area contributed by atoms with Gasteiger partial charge in [0, 0.05) is 46.0 Å². The van der Waals surface area contributed by atoms with E-state index in [1.54, 1.807) is 99.1 Å². The van der Waals surface area contributed by atoms with Crippen LogP contribution in [0.5, 0.6) is 28.7 Å². The molecule has 126 heavy (non-hydrogen) atoms. The van der Waals surface area contributed by atoms with Crippen LogP contribution in [-0.2, 0) is 113 Å². The van der Waals surface area contributed by atoms with E-state index in [1.165, 1.54) is 62.1 Å². The Hall–Kier alpha value is -10.7. The summed E-state index contributed by atoms with van der Waals surface area (Å²) in [5, 5.41) is 28.5. The molecule has 15 rings (SSSR count). The topological polar surface area (TPSA) is 341 Å². The molecule has 6 aliphatic heterocycles. The Labute approximate surface area is 778 Å². The molecule has 3 saturated heterocycles. The molecule has 0 radical (unpaired) electrons. The second-order valence-electron chi connectivity index (χ2n) is 28.8. The number of halogens is 3. The minimum Gasteiger partial charge on any atom is -0.851 e. The fourth-order valence-corrected chi connectivity index (χ4v) is 18.9. The first kappa shape index (κ1) is 95.9. The van der Waals surface area contributed by atoms with Crippen LogP contribution in [0.25, 0.3) is 0 Å². The minimum atomic E-state index is -3.78. The predicted molar refractivity (Wildman–Crippen MR) is 473 cm³/mol. The summed E-state index contributed by atoms with van der Waals surface area (Å²) in [6.45, 7) is 1.45. The number of amides is 6. The van der Waals surface area contributed by atoms with Crippen LogP contribution in [0.2, 0.25) is 0 Å². The normalized spacial score (nSPS) is 17.6. The maximum absolute atomic E-state index is 13.4. The van der Waals surface area contributed by atoms with E-state index >= 15 is 0 Å². The molecule has 4 N–H and O–H groups in total. The number of hydrogen-bond donors (Lipinski definition) is 4. The fraction of sp³-hybridized carbons (Fsp3) is 0.250. The maximum atomic E-state index is 13.4. The Morgan fingerprint density at radius 3 is 1.06 bits per heavy atom. The van der Waals surface area contributed by atoms with Gasteiger partial charge in [0.2, 0.25) is 17.7 Å². The number of aryl methyl sites for hydroxylation is 1. The van der Waals surface area contributed by atoms with Crippen molar-refractivity contribution in [3.8, 4) is 28.7 Å². The number of fused-ring (bicyclic) bond motifs is 3. The molecular weight excluding hydrogens is 1770 g/mol. The summed E-state index contributed by atoms with van der Waals surface area (Å²) in [5.74, 6) is 0.621. The zero-order chi connectivity index (χ0) is 88.7. The smallest absolute Gasteiger partial charge is 0.851 e. The van der Waals surface area contributed by atoms with Crippen molar-refractivity contribution in [1.82, 2.24) is 30.7 Å². The summed E-state index contributed by atoms with van der Waals surface area (Å²) in [5.41, 5.74) is 9.44. The van der Waals surface area contributed by atoms with Crippen LogP contribution in [0.1, 0.15) is 50.1 Å². The van der Waals surface area contributed by atoms with E-state index < -0.39 is 80.7 Å². The number of carboxylic acids is 1. The Kier molecular flexibility index (Phi) is 35.1. The number of esters is 2. The van der Waals surface area contributed by atoms with Crippen molar-refractivity contribution in [2.75, 3.05) is 51.3 Å². The Bertz CT molecular complexity index is 5560. The predicted octanol–water partition coefficient (Wildman–Crippen LogP) is 8.74. The van der Waals surface area contributed by atoms with E-state index in [2.05, 4.69) is 16.0 Å². The van der Waals surface area contributed by atoms with Gasteiger partial charge in [0.25, 0.3) is 17.7 Å². The van der Waals surface area contributed by atoms with Crippen LogP contribution in [0.4, 0.5) is 0 Å². The molecule has 9 aromatic carbocycles. The quantitative estimate of drug-likeness (QED) is 0.0104. The fourth-order valence-electron chi connectivity index (χ4n) is 13.5. The van der Waals surface area contributed by atoms with Crippen LogP contribution >= 0.6 is 70.1 Å². The van der Waals surface area contributed by atoms with E-state index in [4.69, 9.17) is 67.4 Å². The number of nitrogens with zero attached hydrogens (tertiary/aromatic N) is 3. The standard InChI is InChI=1S/C31H29ClN2O6S.C24H23N2O6S.C23H21ClN2O5S.C14H13ClO3S.Na/c1-38-24-11-9-22(10-12-24)17-40-31(37)28-23(18-39-25-13-7-21(16-32)8-14-25)19-41-30-27(29(36)34(28)30)33-26(35)15-20-5-3-2-4-6-20;1-31-18-9-7-16(8-10-18)13-32-24(30)21-17(12-27)14-33-23-20(22(29)26(21)23)25-19(28)11-15-5-3-2-4-6-15;24-11-15-6-8-17(9-7-15)31-12-16-13-32-22-19(21(28)26(22)20(16)23(29)30)25-18(27)10-14-4-2-1-3-5-14;1-11-2-8-14(9-3-11)19(16,17)18-13-6-4-12(10-15)5-7-13;/h2-14,27,30H,15-19H2,1H3,(H,33,35);2-10,20,23H,11-14H2,1H3,(H,25,28);1-9,19,22H,10-13H2,(H,25,27)(H,29,30);2-9H,10H2,1H3;/q;-1;;;+1. The van der Waals surface area contributed by atoms with Gasteiger partial charge in [-0.15, -0.1) is 76.7 Å². The minimum absolute atomic E-state index is 0. The van der Waals surface area contributed by atoms with Crippen LogP contribution in [0.3, 0.4) is 0 Å². The molecule has 0 aliphatic carbocycles. The number of aliphatic carboxylic acids is 1. The number of β-lactam (4-membered cyclic amide) rings is 3. The average molecular weight is 1850 g/mol. The molecule has 650 valence electrons.